The van der Waals surface area contributed by atoms with Crippen molar-refractivity contribution in [1.82, 2.24) is 0 Å². The SMILES string of the molecule is CCc1cc(CC)cc([Si](c2cc(CC)cc(CC)c2)(c2cc(CC)cc(CC)c2)[C]2([Ti+3])C3=CC=CCC3CC2C)c1.[Cl-].[Cl-].[Cl-]. The Morgan fingerprint density at radius 3 is 1.24 bits per heavy atom. The van der Waals surface area contributed by atoms with Crippen LogP contribution in [0.25, 0.3) is 0 Å². The molecule has 0 heterocycles. The molecule has 0 aromatic heterocycles. The van der Waals surface area contributed by atoms with Gasteiger partial charge in [0, 0.05) is 0 Å². The van der Waals surface area contributed by atoms with E-state index in [1.54, 1.807) is 21.1 Å². The van der Waals surface area contributed by atoms with Crippen molar-refractivity contribution >= 4 is 23.6 Å². The van der Waals surface area contributed by atoms with Gasteiger partial charge in [-0.2, -0.15) is 0 Å². The van der Waals surface area contributed by atoms with Crippen LogP contribution in [0.5, 0.6) is 0 Å². The predicted octanol–water partition coefficient (Wildman–Crippen LogP) is -0.670. The van der Waals surface area contributed by atoms with Crippen molar-refractivity contribution in [3.8, 4) is 0 Å². The largest absolute Gasteiger partial charge is 1.00 e. The molecule has 0 aliphatic heterocycles. The number of halogens is 3. The second-order valence-corrected chi connectivity index (χ2v) is 18.9. The number of allylic oxidation sites excluding steroid dienone is 4. The Hall–Kier alpha value is -1.06. The average Bonchev–Trinajstić information content (AvgIpc) is 3.30. The van der Waals surface area contributed by atoms with Crippen LogP contribution in [0.1, 0.15) is 94.7 Å². The molecule has 0 radical (unpaired) electrons. The maximum Gasteiger partial charge on any atom is -1.00 e. The monoisotopic (exact) mass is 712 g/mol. The van der Waals surface area contributed by atoms with Crippen molar-refractivity contribution < 1.29 is 57.7 Å². The molecule has 0 spiro atoms. The van der Waals surface area contributed by atoms with E-state index in [2.05, 4.69) is 142 Å². The first-order valence-electron chi connectivity index (χ1n) is 16.8. The van der Waals surface area contributed by atoms with E-state index in [1.807, 2.05) is 0 Å². The molecule has 240 valence electrons. The summed E-state index contributed by atoms with van der Waals surface area (Å²) in [7, 11) is -2.67. The quantitative estimate of drug-likeness (QED) is 0.194. The standard InChI is InChI=1S/C40H51Si.3ClH.Ti/c1-8-29-19-30(9-2)23-36(22-29)41(37-24-31(10-3)20-32(11-4)25-37,38-26-33(12-5)21-34(13-6)27-38)40-28(7)18-35-16-14-15-17-39(35)40;;;;/h14-15,17,19-28,35H,8-13,16,18H2,1-7H3;3*1H;/q;;;;+3/p-3. The maximum atomic E-state index is 2.72. The first-order valence-corrected chi connectivity index (χ1v) is 19.6. The molecule has 3 atom stereocenters. The minimum Gasteiger partial charge on any atom is -1.00 e. The fourth-order valence-electron chi connectivity index (χ4n) is 8.17. The van der Waals surface area contributed by atoms with E-state index in [-0.39, 0.29) is 40.6 Å². The molecule has 0 N–H and O–H groups in total. The van der Waals surface area contributed by atoms with Crippen LogP contribution < -0.4 is 52.8 Å². The summed E-state index contributed by atoms with van der Waals surface area (Å²) in [6.07, 6.45) is 16.3. The van der Waals surface area contributed by atoms with Crippen molar-refractivity contribution in [3.05, 3.63) is 112 Å². The normalized spacial score (nSPS) is 20.4. The molecule has 1 fully saturated rings. The zero-order valence-electron chi connectivity index (χ0n) is 28.4. The Bertz CT molecular complexity index is 1310. The average molecular weight is 714 g/mol. The Labute approximate surface area is 306 Å². The van der Waals surface area contributed by atoms with E-state index in [1.165, 1.54) is 46.2 Å². The third-order valence-corrected chi connectivity index (χ3v) is 19.0. The number of hydrogen-bond donors (Lipinski definition) is 0. The van der Waals surface area contributed by atoms with E-state index in [0.717, 1.165) is 38.5 Å². The van der Waals surface area contributed by atoms with E-state index >= 15 is 0 Å². The smallest absolute Gasteiger partial charge is 1.00 e. The van der Waals surface area contributed by atoms with Gasteiger partial charge >= 0.3 is 271 Å². The zero-order chi connectivity index (χ0) is 30.1. The summed E-state index contributed by atoms with van der Waals surface area (Å²) in [5, 5.41) is 4.90. The van der Waals surface area contributed by atoms with Gasteiger partial charge in [0.25, 0.3) is 0 Å². The minimum absolute atomic E-state index is 0. The second kappa shape index (κ2) is 16.9. The molecular weight excluding hydrogens is 663 g/mol. The Balaban J connectivity index is 0.00000235. The van der Waals surface area contributed by atoms with Gasteiger partial charge in [0.2, 0.25) is 0 Å². The molecule has 0 amide bonds. The van der Waals surface area contributed by atoms with Gasteiger partial charge in [-0.15, -0.1) is 0 Å². The minimum atomic E-state index is -2.67. The van der Waals surface area contributed by atoms with Gasteiger partial charge in [-0.3, -0.25) is 0 Å². The van der Waals surface area contributed by atoms with Crippen LogP contribution in [-0.4, -0.2) is 8.07 Å². The van der Waals surface area contributed by atoms with E-state index < -0.39 is 8.07 Å². The summed E-state index contributed by atoms with van der Waals surface area (Å²) in [4.78, 5) is 0. The summed E-state index contributed by atoms with van der Waals surface area (Å²) in [5.74, 6) is 1.25. The molecule has 0 nitrogen and oxygen atoms in total. The third-order valence-electron chi connectivity index (χ3n) is 10.6. The molecule has 5 heteroatoms. The summed E-state index contributed by atoms with van der Waals surface area (Å²) >= 11 is 2.72. The third kappa shape index (κ3) is 7.06. The summed E-state index contributed by atoms with van der Waals surface area (Å²) in [6.45, 7) is 16.6. The van der Waals surface area contributed by atoms with Gasteiger partial charge in [0.05, 0.1) is 0 Å². The van der Waals surface area contributed by atoms with Gasteiger partial charge in [0.1, 0.15) is 0 Å². The first-order chi connectivity index (χ1) is 20.3. The van der Waals surface area contributed by atoms with Crippen LogP contribution in [-0.2, 0) is 59.0 Å². The van der Waals surface area contributed by atoms with Crippen LogP contribution in [0.15, 0.2) is 78.4 Å². The van der Waals surface area contributed by atoms with Crippen LogP contribution in [0.2, 0.25) is 3.34 Å². The fourth-order valence-corrected chi connectivity index (χ4v) is 17.2. The summed E-state index contributed by atoms with van der Waals surface area (Å²) < 4.78 is 0.0640. The van der Waals surface area contributed by atoms with Gasteiger partial charge in [-0.1, -0.05) is 0 Å². The van der Waals surface area contributed by atoms with Crippen molar-refractivity contribution in [2.45, 2.75) is 103 Å². The van der Waals surface area contributed by atoms with Crippen LogP contribution >= 0.6 is 0 Å². The molecule has 1 saturated carbocycles. The Morgan fingerprint density at radius 2 is 0.933 bits per heavy atom. The molecule has 0 saturated heterocycles. The second-order valence-electron chi connectivity index (χ2n) is 12.9. The van der Waals surface area contributed by atoms with Gasteiger partial charge in [0.15, 0.2) is 0 Å². The molecule has 3 unspecified atom stereocenters. The van der Waals surface area contributed by atoms with Crippen molar-refractivity contribution in [3.63, 3.8) is 0 Å². The number of benzene rings is 3. The van der Waals surface area contributed by atoms with Crippen molar-refractivity contribution in [2.24, 2.45) is 11.8 Å². The molecule has 3 aromatic carbocycles. The van der Waals surface area contributed by atoms with Crippen LogP contribution in [0.4, 0.5) is 0 Å². The van der Waals surface area contributed by atoms with Gasteiger partial charge in [-0.25, -0.2) is 0 Å². The van der Waals surface area contributed by atoms with Crippen LogP contribution in [0.3, 0.4) is 0 Å². The molecule has 0 bridgehead atoms. The van der Waals surface area contributed by atoms with Crippen molar-refractivity contribution in [1.29, 1.82) is 0 Å². The van der Waals surface area contributed by atoms with Gasteiger partial charge in [-0.05, 0) is 0 Å². The topological polar surface area (TPSA) is 0 Å². The predicted molar refractivity (Wildman–Crippen MR) is 182 cm³/mol. The van der Waals surface area contributed by atoms with Crippen molar-refractivity contribution in [2.75, 3.05) is 0 Å². The fraction of sp³-hybridized carbons (Fsp3) is 0.450. The first kappa shape index (κ1) is 40.1. The molecule has 2 aliphatic carbocycles. The number of rotatable bonds is 10. The van der Waals surface area contributed by atoms with Gasteiger partial charge < -0.3 is 37.2 Å². The molecule has 3 aromatic rings. The number of aryl methyl sites for hydroxylation is 6. The van der Waals surface area contributed by atoms with E-state index in [9.17, 15) is 0 Å². The number of hydrogen-bond acceptors (Lipinski definition) is 0. The Morgan fingerprint density at radius 1 is 0.600 bits per heavy atom. The molecule has 5 rings (SSSR count). The summed E-state index contributed by atoms with van der Waals surface area (Å²) in [5.41, 5.74) is 10.7. The Kier molecular flexibility index (Phi) is 15.0. The number of fused-ring (bicyclic) bond motifs is 1. The van der Waals surface area contributed by atoms with Crippen LogP contribution in [0, 0.1) is 11.8 Å². The summed E-state index contributed by atoms with van der Waals surface area (Å²) in [6, 6.07) is 23.4. The molecular formula is C40H51Cl3SiTi. The molecule has 2 aliphatic rings. The molecule has 45 heavy (non-hydrogen) atoms. The van der Waals surface area contributed by atoms with E-state index in [0.29, 0.717) is 11.8 Å². The van der Waals surface area contributed by atoms with E-state index in [4.69, 9.17) is 0 Å². The zero-order valence-corrected chi connectivity index (χ0v) is 33.2. The maximum absolute atomic E-state index is 2.72.